The largest absolute Gasteiger partial charge is 0.457 e. The number of hydrogen-bond acceptors (Lipinski definition) is 4. The molecule has 2 spiro atoms. The number of benzene rings is 8. The summed E-state index contributed by atoms with van der Waals surface area (Å²) in [6.45, 7) is 0. The van der Waals surface area contributed by atoms with Gasteiger partial charge in [0.2, 0.25) is 0 Å². The summed E-state index contributed by atoms with van der Waals surface area (Å²) in [7, 11) is 0. The van der Waals surface area contributed by atoms with Crippen molar-refractivity contribution in [2.75, 3.05) is 0 Å². The smallest absolute Gasteiger partial charge is 0.132 e. The van der Waals surface area contributed by atoms with E-state index in [0.717, 1.165) is 56.3 Å². The maximum Gasteiger partial charge on any atom is 0.132 e. The van der Waals surface area contributed by atoms with Gasteiger partial charge in [0, 0.05) is 53.8 Å². The van der Waals surface area contributed by atoms with Crippen molar-refractivity contribution in [2.45, 2.75) is 10.8 Å². The molecule has 0 radical (unpaired) electrons. The second-order valence-corrected chi connectivity index (χ2v) is 19.0. The summed E-state index contributed by atoms with van der Waals surface area (Å²) in [6.07, 6.45) is 3.96. The molecule has 0 saturated heterocycles. The summed E-state index contributed by atoms with van der Waals surface area (Å²) < 4.78 is 12.2. The van der Waals surface area contributed by atoms with Crippen molar-refractivity contribution in [3.05, 3.63) is 245 Å². The van der Waals surface area contributed by atoms with E-state index in [4.69, 9.17) is 14.7 Å². The molecular weight excluding hydrogens is 811 g/mol. The fourth-order valence-corrected chi connectivity index (χ4v) is 13.9. The molecule has 0 saturated carbocycles. The van der Waals surface area contributed by atoms with Crippen molar-refractivity contribution in [3.8, 4) is 50.8 Å². The molecule has 16 rings (SSSR count). The van der Waals surface area contributed by atoms with Crippen molar-refractivity contribution >= 4 is 53.3 Å². The SMILES string of the molecule is c1ccc2c(c1)Oc1cc3c(cc1C21c2cccnc2-c2ncc(-n4c5ccccc5c5cc6c(cc54)sc4ccccc46)cc21)-c1ccccc1C31c2ccccc2-c2ccccc21. The Morgan fingerprint density at radius 3 is 1.82 bits per heavy atom. The molecule has 4 aromatic heterocycles. The van der Waals surface area contributed by atoms with E-state index in [9.17, 15) is 0 Å². The third-order valence-electron chi connectivity index (χ3n) is 15.2. The van der Waals surface area contributed by atoms with Crippen LogP contribution in [0, 0.1) is 0 Å². The van der Waals surface area contributed by atoms with Crippen LogP contribution in [0.2, 0.25) is 0 Å². The standard InChI is InChI=1S/C60H33N3OS/c1-6-19-43-35(14-1)36-15-2-7-20-44(36)59(43)45-21-8-3-16-37(45)40-30-49-54(31-48(40)59)64-53-25-11-9-22-46(53)60(49)47-23-13-27-61-57(47)58-50(60)28-34(33-62-58)63-51-24-10-4-17-38(51)41-29-42-39-18-5-12-26-55(39)65-56(42)32-52(41)63/h1-33H. The number of nitrogens with zero attached hydrogens (tertiary/aromatic N) is 3. The lowest BCUT2D eigenvalue weighted by atomic mass is 9.65. The highest BCUT2D eigenvalue weighted by molar-refractivity contribution is 7.25. The monoisotopic (exact) mass is 843 g/mol. The van der Waals surface area contributed by atoms with Gasteiger partial charge in [0.15, 0.2) is 0 Å². The molecule has 5 heteroatoms. The Bertz CT molecular complexity index is 4090. The number of hydrogen-bond donors (Lipinski definition) is 0. The molecule has 0 bridgehead atoms. The van der Waals surface area contributed by atoms with Gasteiger partial charge in [-0.05, 0) is 105 Å². The van der Waals surface area contributed by atoms with Gasteiger partial charge in [0.25, 0.3) is 0 Å². The first kappa shape index (κ1) is 34.4. The third-order valence-corrected chi connectivity index (χ3v) is 16.3. The van der Waals surface area contributed by atoms with Crippen LogP contribution in [0.5, 0.6) is 11.5 Å². The normalized spacial score (nSPS) is 16.3. The lowest BCUT2D eigenvalue weighted by molar-refractivity contribution is 0.435. The minimum atomic E-state index is -0.783. The number of para-hydroxylation sites is 2. The summed E-state index contributed by atoms with van der Waals surface area (Å²) in [5, 5.41) is 5.05. The summed E-state index contributed by atoms with van der Waals surface area (Å²) in [5.74, 6) is 1.70. The highest BCUT2D eigenvalue weighted by Gasteiger charge is 2.56. The molecule has 300 valence electrons. The van der Waals surface area contributed by atoms with Crippen LogP contribution in [0.25, 0.3) is 81.3 Å². The van der Waals surface area contributed by atoms with E-state index in [0.29, 0.717) is 0 Å². The maximum absolute atomic E-state index is 7.24. The van der Waals surface area contributed by atoms with Crippen LogP contribution in [0.3, 0.4) is 0 Å². The van der Waals surface area contributed by atoms with Gasteiger partial charge in [-0.3, -0.25) is 9.97 Å². The molecule has 1 atom stereocenters. The van der Waals surface area contributed by atoms with Gasteiger partial charge in [-0.2, -0.15) is 0 Å². The Labute approximate surface area is 377 Å². The zero-order chi connectivity index (χ0) is 42.2. The van der Waals surface area contributed by atoms with Gasteiger partial charge in [0.05, 0.1) is 45.1 Å². The molecule has 1 aliphatic heterocycles. The predicted octanol–water partition coefficient (Wildman–Crippen LogP) is 14.8. The highest BCUT2D eigenvalue weighted by atomic mass is 32.1. The van der Waals surface area contributed by atoms with Gasteiger partial charge in [-0.1, -0.05) is 133 Å². The molecule has 4 nitrogen and oxygen atoms in total. The maximum atomic E-state index is 7.24. The Morgan fingerprint density at radius 2 is 1.02 bits per heavy atom. The van der Waals surface area contributed by atoms with Crippen LogP contribution < -0.4 is 4.74 Å². The molecule has 12 aromatic rings. The number of thiophene rings is 1. The van der Waals surface area contributed by atoms with Crippen LogP contribution in [0.15, 0.2) is 200 Å². The van der Waals surface area contributed by atoms with Crippen molar-refractivity contribution < 1.29 is 4.74 Å². The van der Waals surface area contributed by atoms with E-state index in [1.54, 1.807) is 0 Å². The van der Waals surface area contributed by atoms with E-state index >= 15 is 0 Å². The molecule has 0 N–H and O–H groups in total. The van der Waals surface area contributed by atoms with Gasteiger partial charge in [-0.15, -0.1) is 11.3 Å². The lowest BCUT2D eigenvalue weighted by Crippen LogP contribution is -2.33. The fourth-order valence-electron chi connectivity index (χ4n) is 12.8. The summed E-state index contributed by atoms with van der Waals surface area (Å²) in [5.41, 5.74) is 18.5. The first-order valence-electron chi connectivity index (χ1n) is 22.3. The van der Waals surface area contributed by atoms with Crippen LogP contribution in [-0.4, -0.2) is 14.5 Å². The van der Waals surface area contributed by atoms with E-state index in [2.05, 4.69) is 199 Å². The predicted molar refractivity (Wildman–Crippen MR) is 263 cm³/mol. The van der Waals surface area contributed by atoms with Gasteiger partial charge < -0.3 is 9.30 Å². The molecule has 5 heterocycles. The van der Waals surface area contributed by atoms with E-state index in [1.807, 2.05) is 17.5 Å². The van der Waals surface area contributed by atoms with Gasteiger partial charge in [-0.25, -0.2) is 0 Å². The second kappa shape index (κ2) is 11.9. The van der Waals surface area contributed by atoms with Gasteiger partial charge in [0.1, 0.15) is 11.5 Å². The first-order chi connectivity index (χ1) is 32.2. The minimum absolute atomic E-state index is 0.500. The fraction of sp³-hybridized carbons (Fsp3) is 0.0333. The van der Waals surface area contributed by atoms with E-state index < -0.39 is 10.8 Å². The molecule has 8 aromatic carbocycles. The van der Waals surface area contributed by atoms with Crippen molar-refractivity contribution in [1.82, 2.24) is 14.5 Å². The molecular formula is C60H33N3OS. The minimum Gasteiger partial charge on any atom is -0.457 e. The van der Waals surface area contributed by atoms with E-state index in [-0.39, 0.29) is 0 Å². The number of fused-ring (bicyclic) bond motifs is 25. The third kappa shape index (κ3) is 3.98. The van der Waals surface area contributed by atoms with Crippen molar-refractivity contribution in [3.63, 3.8) is 0 Å². The molecule has 65 heavy (non-hydrogen) atoms. The topological polar surface area (TPSA) is 39.9 Å². The number of ether oxygens (including phenoxy) is 1. The van der Waals surface area contributed by atoms with Crippen molar-refractivity contribution in [2.24, 2.45) is 0 Å². The number of rotatable bonds is 1. The molecule has 3 aliphatic carbocycles. The first-order valence-corrected chi connectivity index (χ1v) is 23.1. The summed E-state index contributed by atoms with van der Waals surface area (Å²) in [6, 6.07) is 69.6. The van der Waals surface area contributed by atoms with E-state index in [1.165, 1.54) is 81.0 Å². The van der Waals surface area contributed by atoms with Crippen molar-refractivity contribution in [1.29, 1.82) is 0 Å². The molecule has 0 amide bonds. The van der Waals surface area contributed by atoms with Gasteiger partial charge >= 0.3 is 0 Å². The van der Waals surface area contributed by atoms with Crippen LogP contribution in [-0.2, 0) is 10.8 Å². The number of pyridine rings is 2. The zero-order valence-electron chi connectivity index (χ0n) is 34.7. The number of aromatic nitrogens is 3. The average molecular weight is 844 g/mol. The Morgan fingerprint density at radius 1 is 0.385 bits per heavy atom. The Hall–Kier alpha value is -8.12. The molecule has 4 aliphatic rings. The van der Waals surface area contributed by atoms with Crippen LogP contribution >= 0.6 is 11.3 Å². The summed E-state index contributed by atoms with van der Waals surface area (Å²) >= 11 is 1.86. The molecule has 1 unspecified atom stereocenters. The van der Waals surface area contributed by atoms with Crippen LogP contribution in [0.4, 0.5) is 0 Å². The lowest BCUT2D eigenvalue weighted by Gasteiger charge is -2.40. The quantitative estimate of drug-likeness (QED) is 0.165. The Balaban J connectivity index is 1.01. The highest BCUT2D eigenvalue weighted by Crippen LogP contribution is 2.67. The second-order valence-electron chi connectivity index (χ2n) is 17.9. The Kier molecular flexibility index (Phi) is 6.30. The zero-order valence-corrected chi connectivity index (χ0v) is 35.5. The molecule has 0 fully saturated rings. The summed E-state index contributed by atoms with van der Waals surface area (Å²) in [4.78, 5) is 10.6. The van der Waals surface area contributed by atoms with Crippen LogP contribution in [0.1, 0.15) is 44.5 Å². The average Bonchev–Trinajstić information content (AvgIpc) is 4.13.